The number of para-hydroxylation sites is 2. The Balaban J connectivity index is 2.00. The van der Waals surface area contributed by atoms with Gasteiger partial charge in [0.05, 0.1) is 17.6 Å². The Labute approximate surface area is 159 Å². The summed E-state index contributed by atoms with van der Waals surface area (Å²) in [6.45, 7) is 2.14. The summed E-state index contributed by atoms with van der Waals surface area (Å²) in [5.41, 5.74) is 2.32. The third-order valence-electron chi connectivity index (χ3n) is 3.93. The normalized spacial score (nSPS) is 11.2. The van der Waals surface area contributed by atoms with E-state index in [0.717, 1.165) is 16.1 Å². The Kier molecular flexibility index (Phi) is 7.11. The Morgan fingerprint density at radius 1 is 1.12 bits per heavy atom. The standard InChI is InChI=1S/C19H24N2O3S2/c1-15-9-4-6-11-17(15)21(26(3,23)24)14-8-13-19(22)20-16-10-5-7-12-18(16)25-2/h4-7,9-12H,8,13-14H2,1-3H3,(H,20,22). The molecular formula is C19H24N2O3S2. The molecule has 0 aromatic heterocycles. The second-order valence-electron chi connectivity index (χ2n) is 5.97. The molecule has 0 aliphatic carbocycles. The van der Waals surface area contributed by atoms with E-state index >= 15 is 0 Å². The maximum Gasteiger partial charge on any atom is 0.232 e. The summed E-state index contributed by atoms with van der Waals surface area (Å²) in [5, 5.41) is 2.90. The van der Waals surface area contributed by atoms with Gasteiger partial charge in [0.25, 0.3) is 0 Å². The largest absolute Gasteiger partial charge is 0.325 e. The van der Waals surface area contributed by atoms with Crippen LogP contribution in [0.15, 0.2) is 53.4 Å². The highest BCUT2D eigenvalue weighted by Crippen LogP contribution is 2.25. The van der Waals surface area contributed by atoms with E-state index in [1.807, 2.05) is 55.6 Å². The number of aryl methyl sites for hydroxylation is 1. The van der Waals surface area contributed by atoms with Crippen molar-refractivity contribution in [1.82, 2.24) is 0 Å². The highest BCUT2D eigenvalue weighted by molar-refractivity contribution is 7.98. The number of nitrogens with zero attached hydrogens (tertiary/aromatic N) is 1. The molecule has 0 fully saturated rings. The second kappa shape index (κ2) is 9.09. The molecule has 0 spiro atoms. The Hall–Kier alpha value is -1.99. The molecule has 1 N–H and O–H groups in total. The molecule has 0 aliphatic heterocycles. The van der Waals surface area contributed by atoms with Crippen LogP contribution in [0.1, 0.15) is 18.4 Å². The number of hydrogen-bond acceptors (Lipinski definition) is 4. The SMILES string of the molecule is CSc1ccccc1NC(=O)CCCN(c1ccccc1C)S(C)(=O)=O. The van der Waals surface area contributed by atoms with Crippen molar-refractivity contribution in [3.8, 4) is 0 Å². The highest BCUT2D eigenvalue weighted by atomic mass is 32.2. The molecule has 5 nitrogen and oxygen atoms in total. The molecule has 1 amide bonds. The van der Waals surface area contributed by atoms with Crippen molar-refractivity contribution < 1.29 is 13.2 Å². The predicted molar refractivity (Wildman–Crippen MR) is 109 cm³/mol. The van der Waals surface area contributed by atoms with Crippen LogP contribution in [0.4, 0.5) is 11.4 Å². The molecule has 0 radical (unpaired) electrons. The van der Waals surface area contributed by atoms with Gasteiger partial charge in [0.2, 0.25) is 15.9 Å². The van der Waals surface area contributed by atoms with Crippen LogP contribution in [0, 0.1) is 6.92 Å². The lowest BCUT2D eigenvalue weighted by atomic mass is 10.2. The van der Waals surface area contributed by atoms with Crippen molar-refractivity contribution in [2.45, 2.75) is 24.7 Å². The molecular weight excluding hydrogens is 368 g/mol. The number of rotatable bonds is 8. The minimum atomic E-state index is -3.41. The van der Waals surface area contributed by atoms with Gasteiger partial charge < -0.3 is 5.32 Å². The number of nitrogens with one attached hydrogen (secondary N) is 1. The van der Waals surface area contributed by atoms with Gasteiger partial charge in [0.1, 0.15) is 0 Å². The van der Waals surface area contributed by atoms with Gasteiger partial charge in [0.15, 0.2) is 0 Å². The van der Waals surface area contributed by atoms with Crippen molar-refractivity contribution in [3.63, 3.8) is 0 Å². The first kappa shape index (κ1) is 20.3. The van der Waals surface area contributed by atoms with Gasteiger partial charge in [-0.05, 0) is 43.4 Å². The zero-order chi connectivity index (χ0) is 19.2. The van der Waals surface area contributed by atoms with Crippen molar-refractivity contribution in [1.29, 1.82) is 0 Å². The molecule has 7 heteroatoms. The van der Waals surface area contributed by atoms with Crippen LogP contribution in [0.2, 0.25) is 0 Å². The molecule has 0 unspecified atom stereocenters. The number of anilines is 2. The van der Waals surface area contributed by atoms with Crippen molar-refractivity contribution in [3.05, 3.63) is 54.1 Å². The van der Waals surface area contributed by atoms with Crippen molar-refractivity contribution in [2.75, 3.05) is 28.7 Å². The van der Waals surface area contributed by atoms with E-state index in [2.05, 4.69) is 5.32 Å². The number of carbonyl (C=O) groups is 1. The van der Waals surface area contributed by atoms with Gasteiger partial charge in [-0.15, -0.1) is 11.8 Å². The topological polar surface area (TPSA) is 66.5 Å². The number of carbonyl (C=O) groups excluding carboxylic acids is 1. The summed E-state index contributed by atoms with van der Waals surface area (Å²) in [7, 11) is -3.41. The fraction of sp³-hybridized carbons (Fsp3) is 0.316. The lowest BCUT2D eigenvalue weighted by molar-refractivity contribution is -0.116. The van der Waals surface area contributed by atoms with Crippen LogP contribution in [0.5, 0.6) is 0 Å². The van der Waals surface area contributed by atoms with Crippen LogP contribution in [-0.4, -0.2) is 33.4 Å². The van der Waals surface area contributed by atoms with Crippen LogP contribution in [0.25, 0.3) is 0 Å². The van der Waals surface area contributed by atoms with Crippen LogP contribution < -0.4 is 9.62 Å². The van der Waals surface area contributed by atoms with Gasteiger partial charge in [-0.1, -0.05) is 30.3 Å². The van der Waals surface area contributed by atoms with Crippen LogP contribution >= 0.6 is 11.8 Å². The minimum Gasteiger partial charge on any atom is -0.325 e. The fourth-order valence-corrected chi connectivity index (χ4v) is 4.23. The number of hydrogen-bond donors (Lipinski definition) is 1. The average molecular weight is 393 g/mol. The van der Waals surface area contributed by atoms with Gasteiger partial charge in [-0.2, -0.15) is 0 Å². The summed E-state index contributed by atoms with van der Waals surface area (Å²) in [5.74, 6) is -0.121. The van der Waals surface area contributed by atoms with Gasteiger partial charge >= 0.3 is 0 Å². The summed E-state index contributed by atoms with van der Waals surface area (Å²) >= 11 is 1.57. The molecule has 0 atom stereocenters. The van der Waals surface area contributed by atoms with Gasteiger partial charge in [-0.3, -0.25) is 9.10 Å². The van der Waals surface area contributed by atoms with E-state index < -0.39 is 10.0 Å². The average Bonchev–Trinajstić information content (AvgIpc) is 2.59. The Bertz CT molecular complexity index is 867. The molecule has 0 bridgehead atoms. The summed E-state index contributed by atoms with van der Waals surface area (Å²) in [6, 6.07) is 14.9. The third kappa shape index (κ3) is 5.51. The first-order valence-electron chi connectivity index (χ1n) is 8.29. The molecule has 2 aromatic rings. The second-order valence-corrected chi connectivity index (χ2v) is 8.73. The van der Waals surface area contributed by atoms with Crippen molar-refractivity contribution >= 4 is 39.1 Å². The number of sulfonamides is 1. The quantitative estimate of drug-likeness (QED) is 0.692. The molecule has 0 saturated carbocycles. The first-order valence-corrected chi connectivity index (χ1v) is 11.4. The number of thioether (sulfide) groups is 1. The number of amides is 1. The molecule has 0 aliphatic rings. The zero-order valence-electron chi connectivity index (χ0n) is 15.2. The van der Waals surface area contributed by atoms with Gasteiger partial charge in [-0.25, -0.2) is 8.42 Å². The molecule has 140 valence electrons. The number of benzene rings is 2. The molecule has 0 saturated heterocycles. The Morgan fingerprint density at radius 2 is 1.77 bits per heavy atom. The molecule has 2 aromatic carbocycles. The minimum absolute atomic E-state index is 0.121. The van der Waals surface area contributed by atoms with Gasteiger partial charge in [0, 0.05) is 17.9 Å². The van der Waals surface area contributed by atoms with Crippen LogP contribution in [0.3, 0.4) is 0 Å². The fourth-order valence-electron chi connectivity index (χ4n) is 2.65. The lowest BCUT2D eigenvalue weighted by Gasteiger charge is -2.24. The predicted octanol–water partition coefficient (Wildman–Crippen LogP) is 3.90. The van der Waals surface area contributed by atoms with E-state index in [4.69, 9.17) is 0 Å². The van der Waals surface area contributed by atoms with Crippen LogP contribution in [-0.2, 0) is 14.8 Å². The van der Waals surface area contributed by atoms with E-state index in [1.54, 1.807) is 17.8 Å². The summed E-state index contributed by atoms with van der Waals surface area (Å²) in [6.07, 6.45) is 3.83. The molecule has 0 heterocycles. The smallest absolute Gasteiger partial charge is 0.232 e. The molecule has 26 heavy (non-hydrogen) atoms. The maximum atomic E-state index is 12.2. The summed E-state index contributed by atoms with van der Waals surface area (Å²) < 4.78 is 25.7. The zero-order valence-corrected chi connectivity index (χ0v) is 16.9. The van der Waals surface area contributed by atoms with Crippen molar-refractivity contribution in [2.24, 2.45) is 0 Å². The van der Waals surface area contributed by atoms with E-state index in [-0.39, 0.29) is 18.9 Å². The van der Waals surface area contributed by atoms with E-state index in [1.165, 1.54) is 10.6 Å². The van der Waals surface area contributed by atoms with E-state index in [0.29, 0.717) is 12.1 Å². The Morgan fingerprint density at radius 3 is 2.42 bits per heavy atom. The maximum absolute atomic E-state index is 12.2. The highest BCUT2D eigenvalue weighted by Gasteiger charge is 2.19. The van der Waals surface area contributed by atoms with E-state index in [9.17, 15) is 13.2 Å². The summed E-state index contributed by atoms with van der Waals surface area (Å²) in [4.78, 5) is 13.2. The first-order chi connectivity index (χ1) is 12.3. The third-order valence-corrected chi connectivity index (χ3v) is 5.91. The monoisotopic (exact) mass is 392 g/mol. The lowest BCUT2D eigenvalue weighted by Crippen LogP contribution is -2.32. The molecule has 2 rings (SSSR count).